The van der Waals surface area contributed by atoms with Crippen LogP contribution in [-0.4, -0.2) is 42.9 Å². The first-order chi connectivity index (χ1) is 11.7. The van der Waals surface area contributed by atoms with E-state index in [1.165, 1.54) is 6.20 Å². The van der Waals surface area contributed by atoms with Crippen LogP contribution in [0.4, 0.5) is 5.82 Å². The Balaban J connectivity index is 1.51. The summed E-state index contributed by atoms with van der Waals surface area (Å²) in [6.45, 7) is 3.70. The number of aromatic nitrogens is 6. The predicted octanol–water partition coefficient (Wildman–Crippen LogP) is 1.48. The molecule has 1 saturated heterocycles. The zero-order chi connectivity index (χ0) is 16.5. The first-order valence-corrected chi connectivity index (χ1v) is 7.90. The zero-order valence-corrected chi connectivity index (χ0v) is 13.3. The molecular weight excluding hydrogens is 304 g/mol. The summed E-state index contributed by atoms with van der Waals surface area (Å²) in [6.07, 6.45) is 5.09. The van der Waals surface area contributed by atoms with Crippen molar-refractivity contribution in [3.8, 4) is 6.07 Å². The van der Waals surface area contributed by atoms with Crippen LogP contribution in [0.25, 0.3) is 5.65 Å². The molecule has 1 aliphatic rings. The summed E-state index contributed by atoms with van der Waals surface area (Å²) in [5.74, 6) is 2.07. The van der Waals surface area contributed by atoms with E-state index >= 15 is 0 Å². The monoisotopic (exact) mass is 320 g/mol. The van der Waals surface area contributed by atoms with Crippen LogP contribution in [0.3, 0.4) is 0 Å². The molecule has 8 heteroatoms. The van der Waals surface area contributed by atoms with Gasteiger partial charge in [-0.3, -0.25) is 0 Å². The second-order valence-corrected chi connectivity index (χ2v) is 5.94. The Morgan fingerprint density at radius 2 is 1.96 bits per heavy atom. The SMILES string of the molecule is Cc1ccc2nnc(C3CCN(c4cnc(C#N)cn4)CC3)n2n1. The molecule has 3 aromatic rings. The molecule has 3 aromatic heterocycles. The molecule has 0 amide bonds. The van der Waals surface area contributed by atoms with Crippen molar-refractivity contribution in [1.82, 2.24) is 29.8 Å². The van der Waals surface area contributed by atoms with E-state index in [2.05, 4.69) is 30.2 Å². The third kappa shape index (κ3) is 2.54. The highest BCUT2D eigenvalue weighted by Crippen LogP contribution is 2.28. The van der Waals surface area contributed by atoms with E-state index < -0.39 is 0 Å². The van der Waals surface area contributed by atoms with Crippen LogP contribution in [0.2, 0.25) is 0 Å². The lowest BCUT2D eigenvalue weighted by atomic mass is 9.96. The molecule has 0 N–H and O–H groups in total. The third-order valence-corrected chi connectivity index (χ3v) is 4.36. The van der Waals surface area contributed by atoms with E-state index in [4.69, 9.17) is 5.26 Å². The minimum absolute atomic E-state index is 0.330. The lowest BCUT2D eigenvalue weighted by Gasteiger charge is -2.31. The molecule has 0 saturated carbocycles. The molecule has 0 bridgehead atoms. The van der Waals surface area contributed by atoms with Crippen LogP contribution in [-0.2, 0) is 0 Å². The number of anilines is 1. The Morgan fingerprint density at radius 1 is 1.12 bits per heavy atom. The van der Waals surface area contributed by atoms with Gasteiger partial charge in [-0.25, -0.2) is 9.97 Å². The Kier molecular flexibility index (Phi) is 3.54. The molecule has 0 aromatic carbocycles. The summed E-state index contributed by atoms with van der Waals surface area (Å²) in [4.78, 5) is 10.6. The Hall–Kier alpha value is -3.08. The van der Waals surface area contributed by atoms with Gasteiger partial charge in [0.2, 0.25) is 0 Å². The molecule has 0 aliphatic carbocycles. The van der Waals surface area contributed by atoms with Crippen molar-refractivity contribution in [3.63, 3.8) is 0 Å². The van der Waals surface area contributed by atoms with Crippen LogP contribution in [0.1, 0.15) is 36.0 Å². The average Bonchev–Trinajstić information content (AvgIpc) is 3.05. The van der Waals surface area contributed by atoms with E-state index in [-0.39, 0.29) is 0 Å². The van der Waals surface area contributed by atoms with Crippen LogP contribution in [0.5, 0.6) is 0 Å². The maximum Gasteiger partial charge on any atom is 0.177 e. The maximum absolute atomic E-state index is 8.80. The maximum atomic E-state index is 8.80. The van der Waals surface area contributed by atoms with Gasteiger partial charge in [-0.05, 0) is 31.9 Å². The van der Waals surface area contributed by atoms with Crippen LogP contribution >= 0.6 is 0 Å². The van der Waals surface area contributed by atoms with E-state index in [1.54, 1.807) is 6.20 Å². The molecule has 0 unspecified atom stereocenters. The van der Waals surface area contributed by atoms with Gasteiger partial charge in [0.05, 0.1) is 18.1 Å². The summed E-state index contributed by atoms with van der Waals surface area (Å²) < 4.78 is 1.86. The number of piperidine rings is 1. The van der Waals surface area contributed by atoms with Crippen molar-refractivity contribution >= 4 is 11.5 Å². The Bertz CT molecular complexity index is 900. The van der Waals surface area contributed by atoms with Gasteiger partial charge in [0.25, 0.3) is 0 Å². The number of fused-ring (bicyclic) bond motifs is 1. The lowest BCUT2D eigenvalue weighted by Crippen LogP contribution is -2.34. The minimum atomic E-state index is 0.330. The molecule has 4 rings (SSSR count). The molecule has 8 nitrogen and oxygen atoms in total. The summed E-state index contributed by atoms with van der Waals surface area (Å²) in [5, 5.41) is 21.9. The summed E-state index contributed by atoms with van der Waals surface area (Å²) in [5.41, 5.74) is 2.08. The van der Waals surface area contributed by atoms with Crippen molar-refractivity contribution in [2.45, 2.75) is 25.7 Å². The topological polar surface area (TPSA) is 95.9 Å². The fourth-order valence-electron chi connectivity index (χ4n) is 3.06. The van der Waals surface area contributed by atoms with Gasteiger partial charge in [0, 0.05) is 19.0 Å². The standard InChI is InChI=1S/C16H16N8/c1-11-2-3-14-20-21-16(24(14)22-11)12-4-6-23(7-5-12)15-10-18-13(8-17)9-19-15/h2-3,9-10,12H,4-7H2,1H3. The Morgan fingerprint density at radius 3 is 2.67 bits per heavy atom. The number of rotatable bonds is 2. The minimum Gasteiger partial charge on any atom is -0.355 e. The quantitative estimate of drug-likeness (QED) is 0.705. The van der Waals surface area contributed by atoms with Gasteiger partial charge in [-0.1, -0.05) is 0 Å². The molecule has 1 aliphatic heterocycles. The average molecular weight is 320 g/mol. The smallest absolute Gasteiger partial charge is 0.177 e. The number of nitriles is 1. The van der Waals surface area contributed by atoms with E-state index in [1.807, 2.05) is 29.6 Å². The fourth-order valence-corrected chi connectivity index (χ4v) is 3.06. The highest BCUT2D eigenvalue weighted by atomic mass is 15.4. The van der Waals surface area contributed by atoms with E-state index in [0.29, 0.717) is 11.6 Å². The molecule has 120 valence electrons. The normalized spacial score (nSPS) is 15.6. The van der Waals surface area contributed by atoms with Gasteiger partial charge in [0.1, 0.15) is 11.9 Å². The van der Waals surface area contributed by atoms with Crippen LogP contribution in [0.15, 0.2) is 24.5 Å². The van der Waals surface area contributed by atoms with Gasteiger partial charge in [-0.15, -0.1) is 10.2 Å². The highest BCUT2D eigenvalue weighted by Gasteiger charge is 2.25. The molecule has 0 spiro atoms. The second kappa shape index (κ2) is 5.85. The third-order valence-electron chi connectivity index (χ3n) is 4.36. The lowest BCUT2D eigenvalue weighted by molar-refractivity contribution is 0.474. The van der Waals surface area contributed by atoms with Gasteiger partial charge in [0.15, 0.2) is 17.2 Å². The number of aryl methyl sites for hydroxylation is 1. The largest absolute Gasteiger partial charge is 0.355 e. The van der Waals surface area contributed by atoms with Crippen molar-refractivity contribution < 1.29 is 0 Å². The van der Waals surface area contributed by atoms with Gasteiger partial charge < -0.3 is 4.90 Å². The number of hydrogen-bond acceptors (Lipinski definition) is 7. The zero-order valence-electron chi connectivity index (χ0n) is 13.3. The summed E-state index contributed by atoms with van der Waals surface area (Å²) in [6, 6.07) is 5.88. The number of nitrogens with zero attached hydrogens (tertiary/aromatic N) is 8. The molecule has 0 radical (unpaired) electrons. The van der Waals surface area contributed by atoms with Gasteiger partial charge in [-0.2, -0.15) is 14.9 Å². The van der Waals surface area contributed by atoms with Crippen molar-refractivity contribution in [2.75, 3.05) is 18.0 Å². The summed E-state index contributed by atoms with van der Waals surface area (Å²) >= 11 is 0. The molecule has 0 atom stereocenters. The van der Waals surface area contributed by atoms with E-state index in [9.17, 15) is 0 Å². The predicted molar refractivity (Wildman–Crippen MR) is 86.5 cm³/mol. The molecule has 4 heterocycles. The van der Waals surface area contributed by atoms with Crippen molar-refractivity contribution in [1.29, 1.82) is 5.26 Å². The van der Waals surface area contributed by atoms with Crippen molar-refractivity contribution in [3.05, 3.63) is 41.7 Å². The molecule has 24 heavy (non-hydrogen) atoms. The summed E-state index contributed by atoms with van der Waals surface area (Å²) in [7, 11) is 0. The first kappa shape index (κ1) is 14.5. The Labute approximate surface area is 138 Å². The van der Waals surface area contributed by atoms with E-state index in [0.717, 1.165) is 48.9 Å². The second-order valence-electron chi connectivity index (χ2n) is 5.94. The number of hydrogen-bond donors (Lipinski definition) is 0. The molecule has 1 fully saturated rings. The van der Waals surface area contributed by atoms with Crippen molar-refractivity contribution in [2.24, 2.45) is 0 Å². The molecular formula is C16H16N8. The first-order valence-electron chi connectivity index (χ1n) is 7.90. The van der Waals surface area contributed by atoms with Gasteiger partial charge >= 0.3 is 0 Å². The van der Waals surface area contributed by atoms with Crippen LogP contribution < -0.4 is 4.90 Å². The highest BCUT2D eigenvalue weighted by molar-refractivity contribution is 5.39. The van der Waals surface area contributed by atoms with Crippen LogP contribution in [0, 0.1) is 18.3 Å². The fraction of sp³-hybridized carbons (Fsp3) is 0.375.